The third-order valence-electron chi connectivity index (χ3n) is 9.83. The minimum Gasteiger partial charge on any atom is -0.299 e. The van der Waals surface area contributed by atoms with Crippen LogP contribution in [0.4, 0.5) is 0 Å². The molecule has 4 fully saturated rings. The van der Waals surface area contributed by atoms with Gasteiger partial charge in [-0.1, -0.05) is 27.7 Å². The average Bonchev–Trinajstić information content (AvgIpc) is 3.23. The maximum Gasteiger partial charge on any atom is 0.268 e. The van der Waals surface area contributed by atoms with Crippen LogP contribution in [0.1, 0.15) is 66.2 Å². The van der Waals surface area contributed by atoms with E-state index < -0.39 is 42.6 Å². The first-order valence-corrected chi connectivity index (χ1v) is 14.5. The Balaban J connectivity index is 1.35. The molecular weight excluding hydrogens is 456 g/mol. The average molecular weight is 491 g/mol. The van der Waals surface area contributed by atoms with Gasteiger partial charge in [0.05, 0.1) is 35.5 Å². The molecule has 0 aromatic carbocycles. The monoisotopic (exact) mass is 490 g/mol. The summed E-state index contributed by atoms with van der Waals surface area (Å²) in [6, 6.07) is 0. The summed E-state index contributed by atoms with van der Waals surface area (Å²) in [5.41, 5.74) is -2.33. The lowest BCUT2D eigenvalue weighted by Gasteiger charge is -2.36. The highest BCUT2D eigenvalue weighted by molar-refractivity contribution is 7.90. The Kier molecular flexibility index (Phi) is 5.56. The van der Waals surface area contributed by atoms with Crippen LogP contribution in [0.2, 0.25) is 0 Å². The molecule has 0 amide bonds. The lowest BCUT2D eigenvalue weighted by Crippen LogP contribution is -2.42. The van der Waals surface area contributed by atoms with Crippen LogP contribution >= 0.6 is 0 Å². The molecule has 32 heavy (non-hydrogen) atoms. The smallest absolute Gasteiger partial charge is 0.268 e. The summed E-state index contributed by atoms with van der Waals surface area (Å²) >= 11 is 0. The van der Waals surface area contributed by atoms with Gasteiger partial charge in [0.2, 0.25) is 0 Å². The van der Waals surface area contributed by atoms with Crippen LogP contribution in [0.15, 0.2) is 0 Å². The van der Waals surface area contributed by atoms with Crippen LogP contribution in [0.5, 0.6) is 0 Å². The number of hydrogen-bond acceptors (Lipinski definition) is 8. The molecule has 8 nitrogen and oxygen atoms in total. The SMILES string of the molecule is CC1(C)C2CCC1(COS(=O)(=O)CCS(=O)(=O)OCC13CCC(CC1=O)C3(C)C)C(=O)C2. The number of hydrogen-bond donors (Lipinski definition) is 0. The zero-order valence-electron chi connectivity index (χ0n) is 19.3. The Hall–Kier alpha value is -0.840. The van der Waals surface area contributed by atoms with Gasteiger partial charge in [-0.15, -0.1) is 0 Å². The predicted octanol–water partition coefficient (Wildman–Crippen LogP) is 2.47. The molecule has 4 saturated carbocycles. The molecule has 0 aliphatic heterocycles. The van der Waals surface area contributed by atoms with Crippen molar-refractivity contribution in [3.63, 3.8) is 0 Å². The van der Waals surface area contributed by atoms with E-state index in [0.29, 0.717) is 25.7 Å². The van der Waals surface area contributed by atoms with Gasteiger partial charge < -0.3 is 0 Å². The molecule has 0 aromatic rings. The van der Waals surface area contributed by atoms with E-state index in [1.54, 1.807) is 0 Å². The lowest BCUT2D eigenvalue weighted by molar-refractivity contribution is -0.132. The topological polar surface area (TPSA) is 121 Å². The van der Waals surface area contributed by atoms with E-state index in [2.05, 4.69) is 0 Å². The number of Topliss-reactive ketones (excluding diaryl/α,β-unsaturated/α-hetero) is 2. The van der Waals surface area contributed by atoms with Gasteiger partial charge in [-0.2, -0.15) is 16.8 Å². The molecule has 182 valence electrons. The van der Waals surface area contributed by atoms with Crippen LogP contribution in [0, 0.1) is 33.5 Å². The van der Waals surface area contributed by atoms with Crippen molar-refractivity contribution in [3.8, 4) is 0 Å². The summed E-state index contributed by atoms with van der Waals surface area (Å²) in [7, 11) is -8.33. The molecule has 0 N–H and O–H groups in total. The quantitative estimate of drug-likeness (QED) is 0.452. The number of rotatable bonds is 9. The highest BCUT2D eigenvalue weighted by atomic mass is 32.2. The van der Waals surface area contributed by atoms with Crippen molar-refractivity contribution in [2.45, 2.75) is 66.2 Å². The highest BCUT2D eigenvalue weighted by Gasteiger charge is 2.65. The fourth-order valence-corrected chi connectivity index (χ4v) is 9.55. The molecule has 10 heteroatoms. The van der Waals surface area contributed by atoms with Gasteiger partial charge in [0.1, 0.15) is 11.6 Å². The molecule has 0 spiro atoms. The first-order valence-electron chi connectivity index (χ1n) is 11.4. The number of ketones is 2. The minimum absolute atomic E-state index is 0.0304. The van der Waals surface area contributed by atoms with Crippen LogP contribution < -0.4 is 0 Å². The summed E-state index contributed by atoms with van der Waals surface area (Å²) in [4.78, 5) is 25.1. The number of carbonyl (C=O) groups excluding carboxylic acids is 2. The van der Waals surface area contributed by atoms with Crippen LogP contribution in [0.25, 0.3) is 0 Å². The van der Waals surface area contributed by atoms with Crippen LogP contribution in [-0.4, -0.2) is 53.1 Å². The summed E-state index contributed by atoms with van der Waals surface area (Å²) < 4.78 is 60.2. The Morgan fingerprint density at radius 3 is 1.31 bits per heavy atom. The van der Waals surface area contributed by atoms with Gasteiger partial charge in [0, 0.05) is 12.8 Å². The maximum absolute atomic E-state index is 12.5. The standard InChI is InChI=1S/C22H34O8S2/c1-19(2)15-5-7-21(19,17(23)11-15)13-29-31(25,26)9-10-32(27,28)30-14-22-8-6-16(12-18(22)24)20(22,3)4/h15-16H,5-14H2,1-4H3. The Labute approximate surface area is 191 Å². The molecule has 4 rings (SSSR count). The Morgan fingerprint density at radius 1 is 0.719 bits per heavy atom. The predicted molar refractivity (Wildman–Crippen MR) is 117 cm³/mol. The highest BCUT2D eigenvalue weighted by Crippen LogP contribution is 2.65. The van der Waals surface area contributed by atoms with E-state index in [1.807, 2.05) is 27.7 Å². The minimum atomic E-state index is -4.17. The van der Waals surface area contributed by atoms with E-state index in [4.69, 9.17) is 8.37 Å². The molecule has 0 aromatic heterocycles. The fraction of sp³-hybridized carbons (Fsp3) is 0.909. The Morgan fingerprint density at radius 2 is 1.06 bits per heavy atom. The maximum atomic E-state index is 12.5. The van der Waals surface area contributed by atoms with Crippen LogP contribution in [-0.2, 0) is 38.2 Å². The molecule has 0 saturated heterocycles. The number of fused-ring (bicyclic) bond motifs is 4. The lowest BCUT2D eigenvalue weighted by atomic mass is 9.69. The second-order valence-electron chi connectivity index (χ2n) is 11.4. The molecule has 4 aliphatic rings. The molecule has 0 radical (unpaired) electrons. The summed E-state index contributed by atoms with van der Waals surface area (Å²) in [6.07, 6.45) is 3.79. The zero-order chi connectivity index (χ0) is 23.8. The number of carbonyl (C=O) groups is 2. The largest absolute Gasteiger partial charge is 0.299 e. The van der Waals surface area contributed by atoms with E-state index >= 15 is 0 Å². The van der Waals surface area contributed by atoms with Crippen molar-refractivity contribution in [1.82, 2.24) is 0 Å². The van der Waals surface area contributed by atoms with Gasteiger partial charge in [-0.3, -0.25) is 18.0 Å². The van der Waals surface area contributed by atoms with Crippen molar-refractivity contribution in [2.24, 2.45) is 33.5 Å². The van der Waals surface area contributed by atoms with Gasteiger partial charge in [-0.05, 0) is 48.3 Å². The van der Waals surface area contributed by atoms with Gasteiger partial charge in [0.15, 0.2) is 0 Å². The molecule has 4 unspecified atom stereocenters. The van der Waals surface area contributed by atoms with Crippen molar-refractivity contribution in [2.75, 3.05) is 24.7 Å². The third-order valence-corrected chi connectivity index (χ3v) is 12.5. The summed E-state index contributed by atoms with van der Waals surface area (Å²) in [5, 5.41) is 0. The zero-order valence-corrected chi connectivity index (χ0v) is 20.9. The van der Waals surface area contributed by atoms with Gasteiger partial charge in [-0.25, -0.2) is 0 Å². The normalized spacial score (nSPS) is 37.5. The second kappa shape index (κ2) is 7.33. The first-order chi connectivity index (χ1) is 14.6. The van der Waals surface area contributed by atoms with E-state index in [0.717, 1.165) is 12.8 Å². The van der Waals surface area contributed by atoms with Crippen molar-refractivity contribution >= 4 is 31.8 Å². The van der Waals surface area contributed by atoms with E-state index in [-0.39, 0.29) is 47.4 Å². The van der Waals surface area contributed by atoms with Crippen LogP contribution in [0.3, 0.4) is 0 Å². The fourth-order valence-electron chi connectivity index (χ4n) is 6.92. The van der Waals surface area contributed by atoms with Gasteiger partial charge >= 0.3 is 0 Å². The third kappa shape index (κ3) is 3.43. The first kappa shape index (κ1) is 24.3. The molecule has 4 aliphatic carbocycles. The van der Waals surface area contributed by atoms with Gasteiger partial charge in [0.25, 0.3) is 20.2 Å². The summed E-state index contributed by atoms with van der Waals surface area (Å²) in [6.45, 7) is 7.41. The summed E-state index contributed by atoms with van der Waals surface area (Å²) in [5.74, 6) is -0.988. The van der Waals surface area contributed by atoms with E-state index in [9.17, 15) is 26.4 Å². The van der Waals surface area contributed by atoms with Crippen molar-refractivity contribution < 1.29 is 34.8 Å². The molecular formula is C22H34O8S2. The Bertz CT molecular complexity index is 958. The molecule has 0 heterocycles. The molecule has 4 atom stereocenters. The van der Waals surface area contributed by atoms with Crippen molar-refractivity contribution in [1.29, 1.82) is 0 Å². The second-order valence-corrected chi connectivity index (χ2v) is 14.9. The van der Waals surface area contributed by atoms with Crippen molar-refractivity contribution in [3.05, 3.63) is 0 Å². The van der Waals surface area contributed by atoms with E-state index in [1.165, 1.54) is 0 Å². The molecule has 4 bridgehead atoms.